The summed E-state index contributed by atoms with van der Waals surface area (Å²) in [5, 5.41) is 12.9. The molecule has 4 nitrogen and oxygen atoms in total. The zero-order chi connectivity index (χ0) is 18.2. The lowest BCUT2D eigenvalue weighted by atomic mass is 10.1. The maximum atomic E-state index is 12.3. The van der Waals surface area contributed by atoms with E-state index in [9.17, 15) is 10.1 Å². The highest BCUT2D eigenvalue weighted by molar-refractivity contribution is 6.31. The number of nitrogens with zero attached hydrogens (tertiary/aromatic N) is 1. The van der Waals surface area contributed by atoms with Gasteiger partial charge in [0.25, 0.3) is 5.91 Å². The van der Waals surface area contributed by atoms with E-state index in [1.54, 1.807) is 42.5 Å². The molecule has 0 aliphatic rings. The van der Waals surface area contributed by atoms with Gasteiger partial charge in [0.2, 0.25) is 0 Å². The first-order valence-corrected chi connectivity index (χ1v) is 7.83. The number of nitriles is 1. The monoisotopic (exact) mass is 370 g/mol. The van der Waals surface area contributed by atoms with Gasteiger partial charge in [-0.1, -0.05) is 29.1 Å². The molecule has 0 aliphatic heterocycles. The summed E-state index contributed by atoms with van der Waals surface area (Å²) in [4.78, 5) is 12.3. The van der Waals surface area contributed by atoms with Crippen LogP contribution in [0.1, 0.15) is 5.56 Å². The van der Waals surface area contributed by atoms with Crippen LogP contribution < -0.4 is 10.1 Å². The van der Waals surface area contributed by atoms with Gasteiger partial charge in [0.05, 0.1) is 0 Å². The van der Waals surface area contributed by atoms with E-state index in [0.717, 1.165) is 0 Å². The fourth-order valence-corrected chi connectivity index (χ4v) is 2.23. The fraction of sp³-hybridized carbons (Fsp3) is 0.0526. The molecule has 2 aromatic carbocycles. The molecule has 1 N–H and O–H groups in total. The van der Waals surface area contributed by atoms with E-state index >= 15 is 0 Å². The molecule has 124 valence electrons. The Labute approximate surface area is 155 Å². The highest BCUT2D eigenvalue weighted by atomic mass is 35.5. The number of terminal acetylenes is 1. The molecule has 1 amide bonds. The van der Waals surface area contributed by atoms with Crippen molar-refractivity contribution >= 4 is 40.9 Å². The van der Waals surface area contributed by atoms with Crippen LogP contribution in [0.3, 0.4) is 0 Å². The van der Waals surface area contributed by atoms with E-state index in [1.807, 2.05) is 6.07 Å². The molecule has 0 aliphatic carbocycles. The third-order valence-corrected chi connectivity index (χ3v) is 3.54. The lowest BCUT2D eigenvalue weighted by Gasteiger charge is -2.08. The number of halogens is 2. The Balaban J connectivity index is 2.29. The van der Waals surface area contributed by atoms with Crippen LogP contribution in [0, 0.1) is 23.7 Å². The zero-order valence-electron chi connectivity index (χ0n) is 12.9. The predicted molar refractivity (Wildman–Crippen MR) is 99.5 cm³/mol. The van der Waals surface area contributed by atoms with Gasteiger partial charge in [0.1, 0.15) is 24.0 Å². The summed E-state index contributed by atoms with van der Waals surface area (Å²) in [5.74, 6) is 2.22. The lowest BCUT2D eigenvalue weighted by molar-refractivity contribution is -0.112. The van der Waals surface area contributed by atoms with E-state index in [-0.39, 0.29) is 12.2 Å². The standard InChI is InChI=1S/C19H12Cl2N2O2/c1-2-9-25-18-8-5-16(21)11-13(18)10-14(12-22)19(24)23-17-6-3-15(20)4-7-17/h1,3-8,10-11H,9H2,(H,23,24)/b14-10+. The topological polar surface area (TPSA) is 62.1 Å². The Morgan fingerprint density at radius 1 is 1.20 bits per heavy atom. The fourth-order valence-electron chi connectivity index (χ4n) is 1.92. The minimum Gasteiger partial charge on any atom is -0.480 e. The first kappa shape index (κ1) is 18.4. The number of rotatable bonds is 5. The normalized spacial score (nSPS) is 10.5. The zero-order valence-corrected chi connectivity index (χ0v) is 14.4. The number of carbonyl (C=O) groups excluding carboxylic acids is 1. The molecule has 0 saturated carbocycles. The average molecular weight is 371 g/mol. The first-order valence-electron chi connectivity index (χ1n) is 7.08. The number of anilines is 1. The van der Waals surface area contributed by atoms with Crippen molar-refractivity contribution in [3.8, 4) is 24.2 Å². The summed E-state index contributed by atoms with van der Waals surface area (Å²) < 4.78 is 5.40. The second-order valence-electron chi connectivity index (χ2n) is 4.81. The molecule has 2 aromatic rings. The number of hydrogen-bond donors (Lipinski definition) is 1. The van der Waals surface area contributed by atoms with Crippen LogP contribution in [0.4, 0.5) is 5.69 Å². The number of hydrogen-bond acceptors (Lipinski definition) is 3. The second kappa shape index (κ2) is 8.80. The van der Waals surface area contributed by atoms with Crippen molar-refractivity contribution in [2.45, 2.75) is 0 Å². The Morgan fingerprint density at radius 3 is 2.52 bits per heavy atom. The summed E-state index contributed by atoms with van der Waals surface area (Å²) in [7, 11) is 0. The molecule has 25 heavy (non-hydrogen) atoms. The summed E-state index contributed by atoms with van der Waals surface area (Å²) in [6.07, 6.45) is 6.58. The highest BCUT2D eigenvalue weighted by Crippen LogP contribution is 2.25. The molecule has 6 heteroatoms. The molecule has 0 aromatic heterocycles. The summed E-state index contributed by atoms with van der Waals surface area (Å²) >= 11 is 11.8. The van der Waals surface area contributed by atoms with Crippen LogP contribution in [0.15, 0.2) is 48.0 Å². The van der Waals surface area contributed by atoms with Crippen LogP contribution in [-0.4, -0.2) is 12.5 Å². The van der Waals surface area contributed by atoms with Gasteiger partial charge in [0.15, 0.2) is 0 Å². The van der Waals surface area contributed by atoms with Crippen molar-refractivity contribution in [1.82, 2.24) is 0 Å². The third-order valence-electron chi connectivity index (χ3n) is 3.05. The third kappa shape index (κ3) is 5.29. The van der Waals surface area contributed by atoms with Crippen molar-refractivity contribution in [2.75, 3.05) is 11.9 Å². The second-order valence-corrected chi connectivity index (χ2v) is 5.68. The van der Waals surface area contributed by atoms with Crippen molar-refractivity contribution in [2.24, 2.45) is 0 Å². The van der Waals surface area contributed by atoms with E-state index in [1.165, 1.54) is 6.08 Å². The quantitative estimate of drug-likeness (QED) is 0.477. The van der Waals surface area contributed by atoms with Crippen LogP contribution in [0.25, 0.3) is 6.08 Å². The number of benzene rings is 2. The number of nitrogens with one attached hydrogen (secondary N) is 1. The summed E-state index contributed by atoms with van der Waals surface area (Å²) in [5.41, 5.74) is 0.888. The van der Waals surface area contributed by atoms with Gasteiger partial charge in [-0.15, -0.1) is 6.42 Å². The van der Waals surface area contributed by atoms with Gasteiger partial charge in [-0.2, -0.15) is 5.26 Å². The van der Waals surface area contributed by atoms with E-state index in [2.05, 4.69) is 11.2 Å². The predicted octanol–water partition coefficient (Wildman–Crippen LogP) is 4.55. The number of carbonyl (C=O) groups is 1. The molecule has 0 bridgehead atoms. The van der Waals surface area contributed by atoms with Gasteiger partial charge >= 0.3 is 0 Å². The minimum absolute atomic E-state index is 0.0569. The first-order chi connectivity index (χ1) is 12.0. The van der Waals surface area contributed by atoms with Gasteiger partial charge in [-0.25, -0.2) is 0 Å². The summed E-state index contributed by atoms with van der Waals surface area (Å²) in [6.45, 7) is 0.0569. The molecule has 0 radical (unpaired) electrons. The Morgan fingerprint density at radius 2 is 1.88 bits per heavy atom. The Kier molecular flexibility index (Phi) is 6.48. The molecule has 0 unspecified atom stereocenters. The van der Waals surface area contributed by atoms with Crippen molar-refractivity contribution in [1.29, 1.82) is 5.26 Å². The maximum absolute atomic E-state index is 12.3. The Hall–Kier alpha value is -2.92. The van der Waals surface area contributed by atoms with Crippen LogP contribution in [-0.2, 0) is 4.79 Å². The SMILES string of the molecule is C#CCOc1ccc(Cl)cc1/C=C(\C#N)C(=O)Nc1ccc(Cl)cc1. The van der Waals surface area contributed by atoms with E-state index in [4.69, 9.17) is 34.4 Å². The van der Waals surface area contributed by atoms with Gasteiger partial charge in [0, 0.05) is 21.3 Å². The van der Waals surface area contributed by atoms with Crippen molar-refractivity contribution in [3.63, 3.8) is 0 Å². The Bertz CT molecular complexity index is 891. The van der Waals surface area contributed by atoms with Gasteiger partial charge in [-0.05, 0) is 48.5 Å². The number of amides is 1. The van der Waals surface area contributed by atoms with Gasteiger partial charge in [-0.3, -0.25) is 4.79 Å². The molecule has 0 atom stereocenters. The highest BCUT2D eigenvalue weighted by Gasteiger charge is 2.12. The van der Waals surface area contributed by atoms with E-state index in [0.29, 0.717) is 27.0 Å². The smallest absolute Gasteiger partial charge is 0.266 e. The minimum atomic E-state index is -0.562. The van der Waals surface area contributed by atoms with Crippen LogP contribution in [0.2, 0.25) is 10.0 Å². The average Bonchev–Trinajstić information content (AvgIpc) is 2.60. The molecule has 0 fully saturated rings. The molecule has 0 saturated heterocycles. The number of ether oxygens (including phenoxy) is 1. The van der Waals surface area contributed by atoms with E-state index < -0.39 is 5.91 Å². The molecular weight excluding hydrogens is 359 g/mol. The maximum Gasteiger partial charge on any atom is 0.266 e. The van der Waals surface area contributed by atoms with Crippen molar-refractivity contribution in [3.05, 3.63) is 63.6 Å². The molecular formula is C19H12Cl2N2O2. The largest absolute Gasteiger partial charge is 0.480 e. The van der Waals surface area contributed by atoms with Crippen LogP contribution >= 0.6 is 23.2 Å². The summed E-state index contributed by atoms with van der Waals surface area (Å²) in [6, 6.07) is 13.2. The molecule has 0 spiro atoms. The molecule has 0 heterocycles. The van der Waals surface area contributed by atoms with Crippen LogP contribution in [0.5, 0.6) is 5.75 Å². The van der Waals surface area contributed by atoms with Gasteiger partial charge < -0.3 is 10.1 Å². The lowest BCUT2D eigenvalue weighted by Crippen LogP contribution is -2.13. The van der Waals surface area contributed by atoms with Crippen molar-refractivity contribution < 1.29 is 9.53 Å². The molecule has 2 rings (SSSR count).